The number of para-hydroxylation sites is 1. The highest BCUT2D eigenvalue weighted by atomic mass is 19.1. The van der Waals surface area contributed by atoms with E-state index in [2.05, 4.69) is 15.6 Å². The topological polar surface area (TPSA) is 106 Å². The van der Waals surface area contributed by atoms with Crippen LogP contribution in [0.25, 0.3) is 0 Å². The van der Waals surface area contributed by atoms with Crippen LogP contribution in [0.4, 0.5) is 4.39 Å². The van der Waals surface area contributed by atoms with E-state index in [4.69, 9.17) is 4.74 Å². The average Bonchev–Trinajstić information content (AvgIpc) is 3.33. The Kier molecular flexibility index (Phi) is 8.09. The molecule has 1 aromatic heterocycles. The summed E-state index contributed by atoms with van der Waals surface area (Å²) in [5.74, 6) is -0.949. The summed E-state index contributed by atoms with van der Waals surface area (Å²) >= 11 is 0. The third-order valence-electron chi connectivity index (χ3n) is 6.59. The van der Waals surface area contributed by atoms with Gasteiger partial charge in [0.25, 0.3) is 11.8 Å². The van der Waals surface area contributed by atoms with Crippen molar-refractivity contribution in [3.63, 3.8) is 0 Å². The molecule has 3 amide bonds. The summed E-state index contributed by atoms with van der Waals surface area (Å²) in [4.78, 5) is 45.9. The molecule has 2 aromatic carbocycles. The van der Waals surface area contributed by atoms with Gasteiger partial charge in [-0.2, -0.15) is 0 Å². The van der Waals surface area contributed by atoms with Gasteiger partial charge in [0.05, 0.1) is 19.5 Å². The number of hydrogen-bond donors (Lipinski definition) is 2. The highest BCUT2D eigenvalue weighted by Crippen LogP contribution is 2.29. The van der Waals surface area contributed by atoms with Gasteiger partial charge in [-0.3, -0.25) is 14.4 Å². The highest BCUT2D eigenvalue weighted by molar-refractivity contribution is 6.07. The molecule has 0 radical (unpaired) electrons. The number of rotatable bonds is 10. The Morgan fingerprint density at radius 3 is 2.53 bits per heavy atom. The first-order chi connectivity index (χ1) is 18.3. The number of imidazole rings is 1. The van der Waals surface area contributed by atoms with Crippen LogP contribution in [0.5, 0.6) is 5.75 Å². The molecule has 9 nitrogen and oxygen atoms in total. The molecular formula is C28H32FN5O4. The normalized spacial score (nSPS) is 16.6. The van der Waals surface area contributed by atoms with E-state index in [1.54, 1.807) is 23.6 Å². The van der Waals surface area contributed by atoms with Gasteiger partial charge in [0.2, 0.25) is 5.91 Å². The number of amides is 3. The molecule has 38 heavy (non-hydrogen) atoms. The van der Waals surface area contributed by atoms with Crippen LogP contribution in [0.2, 0.25) is 0 Å². The lowest BCUT2D eigenvalue weighted by atomic mass is 9.94. The zero-order valence-electron chi connectivity index (χ0n) is 21.8. The van der Waals surface area contributed by atoms with Crippen LogP contribution in [0, 0.1) is 5.82 Å². The van der Waals surface area contributed by atoms with Crippen LogP contribution in [0.1, 0.15) is 59.3 Å². The van der Waals surface area contributed by atoms with E-state index in [9.17, 15) is 18.8 Å². The van der Waals surface area contributed by atoms with E-state index in [-0.39, 0.29) is 42.7 Å². The van der Waals surface area contributed by atoms with Gasteiger partial charge in [0.15, 0.2) is 5.69 Å². The van der Waals surface area contributed by atoms with E-state index in [0.717, 1.165) is 11.1 Å². The fourth-order valence-corrected chi connectivity index (χ4v) is 4.61. The van der Waals surface area contributed by atoms with Gasteiger partial charge in [-0.1, -0.05) is 37.3 Å². The molecular weight excluding hydrogens is 489 g/mol. The van der Waals surface area contributed by atoms with Gasteiger partial charge in [0, 0.05) is 25.2 Å². The Morgan fingerprint density at radius 1 is 1.08 bits per heavy atom. The molecule has 0 spiro atoms. The molecule has 4 rings (SSSR count). The molecule has 1 atom stereocenters. The minimum atomic E-state index is -1.20. The monoisotopic (exact) mass is 521 g/mol. The van der Waals surface area contributed by atoms with Crippen LogP contribution in [-0.4, -0.2) is 50.9 Å². The van der Waals surface area contributed by atoms with Crippen molar-refractivity contribution in [2.75, 3.05) is 13.2 Å². The average molecular weight is 522 g/mol. The molecule has 2 heterocycles. The van der Waals surface area contributed by atoms with Crippen molar-refractivity contribution in [1.29, 1.82) is 0 Å². The van der Waals surface area contributed by atoms with Crippen molar-refractivity contribution in [2.24, 2.45) is 0 Å². The third kappa shape index (κ3) is 5.39. The maximum atomic E-state index is 13.7. The molecule has 10 heteroatoms. The number of halogens is 1. The van der Waals surface area contributed by atoms with E-state index in [1.165, 1.54) is 23.4 Å². The molecule has 0 bridgehead atoms. The minimum absolute atomic E-state index is 0.0127. The van der Waals surface area contributed by atoms with Crippen molar-refractivity contribution in [3.8, 4) is 5.75 Å². The molecule has 0 saturated heterocycles. The largest absolute Gasteiger partial charge is 0.494 e. The quantitative estimate of drug-likeness (QED) is 0.426. The van der Waals surface area contributed by atoms with Crippen LogP contribution in [-0.2, 0) is 24.4 Å². The van der Waals surface area contributed by atoms with E-state index in [0.29, 0.717) is 25.3 Å². The van der Waals surface area contributed by atoms with E-state index in [1.807, 2.05) is 38.1 Å². The Morgan fingerprint density at radius 2 is 1.82 bits per heavy atom. The Balaban J connectivity index is 1.53. The van der Waals surface area contributed by atoms with Crippen molar-refractivity contribution < 1.29 is 23.5 Å². The summed E-state index contributed by atoms with van der Waals surface area (Å²) in [5, 5.41) is 5.70. The molecule has 0 aliphatic carbocycles. The molecule has 0 saturated carbocycles. The second kappa shape index (κ2) is 11.5. The molecule has 1 aliphatic rings. The van der Waals surface area contributed by atoms with Gasteiger partial charge >= 0.3 is 0 Å². The highest BCUT2D eigenvalue weighted by Gasteiger charge is 2.48. The molecule has 1 unspecified atom stereocenters. The number of nitrogens with zero attached hydrogens (tertiary/aromatic N) is 3. The van der Waals surface area contributed by atoms with Gasteiger partial charge in [-0.15, -0.1) is 0 Å². The van der Waals surface area contributed by atoms with Crippen LogP contribution in [0.15, 0.2) is 54.9 Å². The summed E-state index contributed by atoms with van der Waals surface area (Å²) < 4.78 is 20.4. The smallest absolute Gasteiger partial charge is 0.273 e. The van der Waals surface area contributed by atoms with Crippen LogP contribution in [0.3, 0.4) is 0 Å². The van der Waals surface area contributed by atoms with Gasteiger partial charge in [-0.25, -0.2) is 9.37 Å². The Bertz CT molecular complexity index is 1320. The van der Waals surface area contributed by atoms with Crippen molar-refractivity contribution in [2.45, 2.75) is 52.4 Å². The van der Waals surface area contributed by atoms with Crippen LogP contribution < -0.4 is 15.4 Å². The first-order valence-corrected chi connectivity index (χ1v) is 12.7. The number of carbonyl (C=O) groups is 3. The number of aromatic nitrogens is 2. The molecule has 200 valence electrons. The summed E-state index contributed by atoms with van der Waals surface area (Å²) in [5.41, 5.74) is 0.503. The Hall–Kier alpha value is -4.21. The van der Waals surface area contributed by atoms with Crippen LogP contribution >= 0.6 is 0 Å². The molecule has 3 aromatic rings. The summed E-state index contributed by atoms with van der Waals surface area (Å²) in [6, 6.07) is 13.3. The van der Waals surface area contributed by atoms with Gasteiger partial charge in [0.1, 0.15) is 22.8 Å². The summed E-state index contributed by atoms with van der Waals surface area (Å²) in [6.07, 6.45) is 2.04. The number of ether oxygens (including phenoxy) is 1. The number of hydrogen-bond acceptors (Lipinski definition) is 5. The maximum absolute atomic E-state index is 13.7. The lowest BCUT2D eigenvalue weighted by molar-refractivity contribution is -0.133. The lowest BCUT2D eigenvalue weighted by Crippen LogP contribution is -2.64. The van der Waals surface area contributed by atoms with Crippen molar-refractivity contribution in [1.82, 2.24) is 25.1 Å². The third-order valence-corrected chi connectivity index (χ3v) is 6.59. The zero-order valence-corrected chi connectivity index (χ0v) is 21.8. The van der Waals surface area contributed by atoms with E-state index >= 15 is 0 Å². The summed E-state index contributed by atoms with van der Waals surface area (Å²) in [7, 11) is 0. The maximum Gasteiger partial charge on any atom is 0.273 e. The number of nitrogens with one attached hydrogen (secondary N) is 2. The minimum Gasteiger partial charge on any atom is -0.494 e. The van der Waals surface area contributed by atoms with Crippen molar-refractivity contribution >= 4 is 17.7 Å². The van der Waals surface area contributed by atoms with Gasteiger partial charge < -0.3 is 24.8 Å². The van der Waals surface area contributed by atoms with E-state index < -0.39 is 17.4 Å². The first-order valence-electron chi connectivity index (χ1n) is 12.7. The first kappa shape index (κ1) is 26.8. The second-order valence-corrected chi connectivity index (χ2v) is 9.33. The van der Waals surface area contributed by atoms with Gasteiger partial charge in [-0.05, 0) is 44.0 Å². The fraction of sp³-hybridized carbons (Fsp3) is 0.357. The molecule has 2 N–H and O–H groups in total. The lowest BCUT2D eigenvalue weighted by Gasteiger charge is -2.43. The molecule has 0 fully saturated rings. The SMILES string of the molecule is CCCN1C(=O)c2c(C(=O)NCc3ccccc3OCC)ncn2CC1(C)C(=O)NCc1ccc(F)cc1. The predicted octanol–water partition coefficient (Wildman–Crippen LogP) is 3.29. The second-order valence-electron chi connectivity index (χ2n) is 9.33. The zero-order chi connectivity index (χ0) is 27.3. The molecule has 1 aliphatic heterocycles. The summed E-state index contributed by atoms with van der Waals surface area (Å²) in [6.45, 7) is 6.86. The predicted molar refractivity (Wildman–Crippen MR) is 139 cm³/mol. The van der Waals surface area contributed by atoms with Crippen molar-refractivity contribution in [3.05, 3.63) is 83.2 Å². The number of fused-ring (bicyclic) bond motifs is 1. The number of benzene rings is 2. The number of carbonyl (C=O) groups excluding carboxylic acids is 3. The standard InChI is InChI=1S/C28H32FN5O4/c1-4-14-34-26(36)24-23(25(35)30-16-20-8-6-7-9-22(20)38-5-2)32-18-33(24)17-28(34,3)27(37)31-15-19-10-12-21(29)13-11-19/h6-13,18H,4-5,14-17H2,1-3H3,(H,30,35)(H,31,37). The fourth-order valence-electron chi connectivity index (χ4n) is 4.61. The Labute approximate surface area is 221 Å².